The van der Waals surface area contributed by atoms with Gasteiger partial charge < -0.3 is 15.3 Å². The molecule has 27 heavy (non-hydrogen) atoms. The molecule has 1 aliphatic heterocycles. The molecule has 0 spiro atoms. The number of halogens is 1. The van der Waals surface area contributed by atoms with Crippen molar-refractivity contribution in [2.45, 2.75) is 32.0 Å². The Morgan fingerprint density at radius 3 is 3.00 bits per heavy atom. The van der Waals surface area contributed by atoms with Crippen molar-refractivity contribution in [2.24, 2.45) is 0 Å². The first-order chi connectivity index (χ1) is 13.1. The van der Waals surface area contributed by atoms with Crippen LogP contribution in [0.15, 0.2) is 30.9 Å². The Kier molecular flexibility index (Phi) is 5.19. The SMILES string of the molecule is [O-][NH+](O)c1ccc(Cl)c(CNc2ncnc3c2ncn3C2CCCCO2)c1. The van der Waals surface area contributed by atoms with E-state index in [1.165, 1.54) is 12.4 Å². The fraction of sp³-hybridized carbons (Fsp3) is 0.353. The lowest BCUT2D eigenvalue weighted by atomic mass is 10.2. The molecule has 3 N–H and O–H groups in total. The normalized spacial score (nSPS) is 18.6. The number of fused-ring (bicyclic) bond motifs is 1. The maximum Gasteiger partial charge on any atom is 0.167 e. The Hall–Kier alpha value is -2.30. The van der Waals surface area contributed by atoms with E-state index in [1.54, 1.807) is 18.5 Å². The Morgan fingerprint density at radius 2 is 2.22 bits per heavy atom. The minimum absolute atomic E-state index is 0.0619. The number of nitrogens with zero attached hydrogens (tertiary/aromatic N) is 4. The van der Waals surface area contributed by atoms with Crippen molar-refractivity contribution >= 4 is 34.3 Å². The monoisotopic (exact) mass is 390 g/mol. The highest BCUT2D eigenvalue weighted by molar-refractivity contribution is 6.31. The number of nitrogens with one attached hydrogen (secondary N) is 2. The molecular formula is C17H19ClN6O3. The van der Waals surface area contributed by atoms with E-state index in [9.17, 15) is 5.21 Å². The van der Waals surface area contributed by atoms with Crippen LogP contribution in [0, 0.1) is 5.21 Å². The van der Waals surface area contributed by atoms with Gasteiger partial charge in [0.25, 0.3) is 0 Å². The molecule has 1 aliphatic rings. The van der Waals surface area contributed by atoms with Gasteiger partial charge in [0.1, 0.15) is 12.6 Å². The first-order valence-corrected chi connectivity index (χ1v) is 9.06. The molecule has 9 nitrogen and oxygen atoms in total. The Balaban J connectivity index is 1.58. The zero-order valence-corrected chi connectivity index (χ0v) is 15.2. The molecule has 0 saturated carbocycles. The number of ether oxygens (including phenoxy) is 1. The molecule has 142 valence electrons. The van der Waals surface area contributed by atoms with E-state index in [-0.39, 0.29) is 11.9 Å². The Bertz CT molecular complexity index is 942. The maximum atomic E-state index is 11.2. The second-order valence-electron chi connectivity index (χ2n) is 6.33. The Morgan fingerprint density at radius 1 is 1.33 bits per heavy atom. The maximum absolute atomic E-state index is 11.2. The van der Waals surface area contributed by atoms with Gasteiger partial charge in [-0.15, -0.1) is 0 Å². The lowest BCUT2D eigenvalue weighted by Crippen LogP contribution is -2.99. The molecule has 2 aromatic heterocycles. The van der Waals surface area contributed by atoms with Gasteiger partial charge in [0.05, 0.1) is 6.33 Å². The smallest absolute Gasteiger partial charge is 0.167 e. The number of quaternary nitrogens is 1. The molecule has 1 fully saturated rings. The predicted molar refractivity (Wildman–Crippen MR) is 98.7 cm³/mol. The first kappa shape index (κ1) is 18.1. The van der Waals surface area contributed by atoms with E-state index < -0.39 is 5.23 Å². The van der Waals surface area contributed by atoms with Gasteiger partial charge in [-0.1, -0.05) is 11.6 Å². The van der Waals surface area contributed by atoms with Crippen LogP contribution in [0.5, 0.6) is 0 Å². The van der Waals surface area contributed by atoms with Crippen molar-refractivity contribution in [1.82, 2.24) is 19.5 Å². The van der Waals surface area contributed by atoms with Gasteiger partial charge in [-0.2, -0.15) is 5.23 Å². The standard InChI is InChI=1S/C17H19ClN6O3/c18-13-5-4-12(24(25)26)7-11(13)8-19-16-15-17(21-9-20-16)23(10-22-15)14-3-1-2-6-27-14/h4-5,7,9-10,14,24-25H,1-3,6,8H2,(H,19,20,21). The van der Waals surface area contributed by atoms with Crippen molar-refractivity contribution in [3.63, 3.8) is 0 Å². The van der Waals surface area contributed by atoms with E-state index >= 15 is 0 Å². The summed E-state index contributed by atoms with van der Waals surface area (Å²) in [5, 5.41) is 23.0. The third-order valence-corrected chi connectivity index (χ3v) is 4.93. The summed E-state index contributed by atoms with van der Waals surface area (Å²) >= 11 is 6.19. The molecule has 3 aromatic rings. The van der Waals surface area contributed by atoms with Crippen molar-refractivity contribution in [3.8, 4) is 0 Å². The minimum atomic E-state index is -0.997. The van der Waals surface area contributed by atoms with Gasteiger partial charge in [-0.05, 0) is 30.9 Å². The van der Waals surface area contributed by atoms with Crippen LogP contribution in [0.1, 0.15) is 31.1 Å². The summed E-state index contributed by atoms with van der Waals surface area (Å²) in [6.07, 6.45) is 6.24. The van der Waals surface area contributed by atoms with Crippen molar-refractivity contribution < 1.29 is 15.2 Å². The zero-order chi connectivity index (χ0) is 18.8. The van der Waals surface area contributed by atoms with Crippen LogP contribution in [-0.4, -0.2) is 31.3 Å². The molecule has 2 atom stereocenters. The van der Waals surface area contributed by atoms with E-state index in [0.29, 0.717) is 34.1 Å². The fourth-order valence-corrected chi connectivity index (χ4v) is 3.34. The van der Waals surface area contributed by atoms with E-state index in [2.05, 4.69) is 20.3 Å². The van der Waals surface area contributed by atoms with Crippen LogP contribution in [0.3, 0.4) is 0 Å². The topological polar surface area (TPSA) is 113 Å². The number of benzene rings is 1. The quantitative estimate of drug-likeness (QED) is 0.572. The van der Waals surface area contributed by atoms with Crippen LogP contribution in [0.25, 0.3) is 11.2 Å². The summed E-state index contributed by atoms with van der Waals surface area (Å²) in [4.78, 5) is 13.1. The van der Waals surface area contributed by atoms with Crippen LogP contribution in [0.4, 0.5) is 11.5 Å². The van der Waals surface area contributed by atoms with Gasteiger partial charge in [-0.3, -0.25) is 4.57 Å². The number of hydrogen-bond acceptors (Lipinski definition) is 7. The van der Waals surface area contributed by atoms with E-state index in [1.807, 2.05) is 4.57 Å². The molecule has 2 unspecified atom stereocenters. The fourth-order valence-electron chi connectivity index (χ4n) is 3.16. The third-order valence-electron chi connectivity index (χ3n) is 4.56. The van der Waals surface area contributed by atoms with Crippen LogP contribution in [-0.2, 0) is 11.3 Å². The molecule has 1 saturated heterocycles. The summed E-state index contributed by atoms with van der Waals surface area (Å²) < 4.78 is 7.75. The first-order valence-electron chi connectivity index (χ1n) is 8.68. The summed E-state index contributed by atoms with van der Waals surface area (Å²) in [6, 6.07) is 4.60. The molecule has 0 bridgehead atoms. The second kappa shape index (κ2) is 7.75. The van der Waals surface area contributed by atoms with Gasteiger partial charge in [0.15, 0.2) is 22.7 Å². The lowest BCUT2D eigenvalue weighted by Gasteiger charge is -2.23. The van der Waals surface area contributed by atoms with Gasteiger partial charge in [0.2, 0.25) is 0 Å². The number of rotatable bonds is 5. The molecule has 3 heterocycles. The molecule has 0 aliphatic carbocycles. The largest absolute Gasteiger partial charge is 0.595 e. The number of anilines is 1. The summed E-state index contributed by atoms with van der Waals surface area (Å²) in [5.74, 6) is 0.561. The second-order valence-corrected chi connectivity index (χ2v) is 6.74. The lowest BCUT2D eigenvalue weighted by molar-refractivity contribution is -0.991. The molecule has 1 aromatic carbocycles. The number of imidazole rings is 1. The van der Waals surface area contributed by atoms with Crippen molar-refractivity contribution in [3.05, 3.63) is 46.6 Å². The number of hydrogen-bond donors (Lipinski definition) is 3. The van der Waals surface area contributed by atoms with Gasteiger partial charge >= 0.3 is 0 Å². The zero-order valence-electron chi connectivity index (χ0n) is 14.4. The van der Waals surface area contributed by atoms with Crippen LogP contribution >= 0.6 is 11.6 Å². The van der Waals surface area contributed by atoms with Crippen molar-refractivity contribution in [2.75, 3.05) is 11.9 Å². The van der Waals surface area contributed by atoms with E-state index in [0.717, 1.165) is 25.9 Å². The molecule has 0 amide bonds. The summed E-state index contributed by atoms with van der Waals surface area (Å²) in [6.45, 7) is 1.05. The highest BCUT2D eigenvalue weighted by Crippen LogP contribution is 2.28. The molecular weight excluding hydrogens is 372 g/mol. The van der Waals surface area contributed by atoms with Crippen LogP contribution < -0.4 is 10.5 Å². The Labute approximate surface area is 160 Å². The molecule has 4 rings (SSSR count). The average Bonchev–Trinajstić information content (AvgIpc) is 3.12. The van der Waals surface area contributed by atoms with E-state index in [4.69, 9.17) is 21.5 Å². The van der Waals surface area contributed by atoms with Gasteiger partial charge in [0, 0.05) is 30.3 Å². The highest BCUT2D eigenvalue weighted by Gasteiger charge is 2.20. The third kappa shape index (κ3) is 3.73. The predicted octanol–water partition coefficient (Wildman–Crippen LogP) is 2.19. The summed E-state index contributed by atoms with van der Waals surface area (Å²) in [7, 11) is 0. The molecule has 0 radical (unpaired) electrons. The number of aromatic nitrogens is 4. The van der Waals surface area contributed by atoms with Crippen molar-refractivity contribution in [1.29, 1.82) is 0 Å². The average molecular weight is 391 g/mol. The minimum Gasteiger partial charge on any atom is -0.595 e. The van der Waals surface area contributed by atoms with Crippen LogP contribution in [0.2, 0.25) is 5.02 Å². The highest BCUT2D eigenvalue weighted by atomic mass is 35.5. The van der Waals surface area contributed by atoms with Gasteiger partial charge in [-0.25, -0.2) is 20.2 Å². The molecule has 10 heteroatoms. The summed E-state index contributed by atoms with van der Waals surface area (Å²) in [5.41, 5.74) is 2.18.